The van der Waals surface area contributed by atoms with Crippen LogP contribution in [0, 0.1) is 17.1 Å². The van der Waals surface area contributed by atoms with Crippen LogP contribution in [-0.2, 0) is 6.61 Å². The maximum absolute atomic E-state index is 13.2. The van der Waals surface area contributed by atoms with Gasteiger partial charge in [0.05, 0.1) is 15.6 Å². The Morgan fingerprint density at radius 1 is 1.21 bits per heavy atom. The standard InChI is InChI=1S/C14H8Cl2FNO/c15-12-6-11(5-4-9(12)7-18)19-8-10-2-1-3-13(17)14(10)16/h1-6H,8H2. The van der Waals surface area contributed by atoms with Gasteiger partial charge in [-0.15, -0.1) is 0 Å². The zero-order chi connectivity index (χ0) is 13.8. The van der Waals surface area contributed by atoms with E-state index in [-0.39, 0.29) is 11.6 Å². The van der Waals surface area contributed by atoms with E-state index in [9.17, 15) is 4.39 Å². The summed E-state index contributed by atoms with van der Waals surface area (Å²) >= 11 is 11.7. The first kappa shape index (κ1) is 13.7. The minimum atomic E-state index is -0.486. The Morgan fingerprint density at radius 2 is 2.00 bits per heavy atom. The fourth-order valence-corrected chi connectivity index (χ4v) is 1.89. The SMILES string of the molecule is N#Cc1ccc(OCc2cccc(F)c2Cl)cc1Cl. The second-order valence-electron chi connectivity index (χ2n) is 3.76. The summed E-state index contributed by atoms with van der Waals surface area (Å²) in [6, 6.07) is 11.2. The average molecular weight is 296 g/mol. The third kappa shape index (κ3) is 3.17. The van der Waals surface area contributed by atoms with Gasteiger partial charge in [-0.1, -0.05) is 35.3 Å². The number of ether oxygens (including phenoxy) is 1. The summed E-state index contributed by atoms with van der Waals surface area (Å²) in [4.78, 5) is 0. The highest BCUT2D eigenvalue weighted by Gasteiger charge is 2.07. The van der Waals surface area contributed by atoms with E-state index in [0.29, 0.717) is 21.9 Å². The first-order chi connectivity index (χ1) is 9.11. The second-order valence-corrected chi connectivity index (χ2v) is 4.54. The summed E-state index contributed by atoms with van der Waals surface area (Å²) in [5, 5.41) is 9.10. The Balaban J connectivity index is 2.13. The topological polar surface area (TPSA) is 33.0 Å². The van der Waals surface area contributed by atoms with Gasteiger partial charge in [-0.05, 0) is 18.2 Å². The van der Waals surface area contributed by atoms with E-state index in [1.807, 2.05) is 6.07 Å². The lowest BCUT2D eigenvalue weighted by Gasteiger charge is -2.08. The van der Waals surface area contributed by atoms with Gasteiger partial charge >= 0.3 is 0 Å². The molecule has 0 radical (unpaired) electrons. The number of rotatable bonds is 3. The molecular formula is C14H8Cl2FNO. The first-order valence-corrected chi connectivity index (χ1v) is 6.12. The molecule has 5 heteroatoms. The van der Waals surface area contributed by atoms with Crippen molar-refractivity contribution < 1.29 is 9.13 Å². The molecule has 0 aliphatic heterocycles. The van der Waals surface area contributed by atoms with Crippen molar-refractivity contribution in [3.05, 3.63) is 63.4 Å². The molecule has 96 valence electrons. The van der Waals surface area contributed by atoms with Crippen LogP contribution in [0.3, 0.4) is 0 Å². The molecule has 0 saturated heterocycles. The largest absolute Gasteiger partial charge is 0.489 e. The molecule has 0 spiro atoms. The van der Waals surface area contributed by atoms with Crippen LogP contribution >= 0.6 is 23.2 Å². The predicted molar refractivity (Wildman–Crippen MR) is 71.9 cm³/mol. The van der Waals surface area contributed by atoms with E-state index in [4.69, 9.17) is 33.2 Å². The Morgan fingerprint density at radius 3 is 2.68 bits per heavy atom. The van der Waals surface area contributed by atoms with E-state index in [1.165, 1.54) is 12.1 Å². The van der Waals surface area contributed by atoms with Crippen molar-refractivity contribution >= 4 is 23.2 Å². The molecule has 0 N–H and O–H groups in total. The van der Waals surface area contributed by atoms with Crippen molar-refractivity contribution in [3.8, 4) is 11.8 Å². The Labute approximate surface area is 119 Å². The molecule has 0 unspecified atom stereocenters. The van der Waals surface area contributed by atoms with E-state index in [0.717, 1.165) is 0 Å². The third-order valence-electron chi connectivity index (χ3n) is 2.49. The first-order valence-electron chi connectivity index (χ1n) is 5.37. The summed E-state index contributed by atoms with van der Waals surface area (Å²) in [5.74, 6) is 0.00459. The smallest absolute Gasteiger partial charge is 0.142 e. The number of nitrogens with zero attached hydrogens (tertiary/aromatic N) is 1. The molecule has 0 bridgehead atoms. The van der Waals surface area contributed by atoms with E-state index >= 15 is 0 Å². The molecule has 0 saturated carbocycles. The zero-order valence-corrected chi connectivity index (χ0v) is 11.2. The van der Waals surface area contributed by atoms with Gasteiger partial charge in [-0.3, -0.25) is 0 Å². The van der Waals surface area contributed by atoms with Crippen molar-refractivity contribution in [3.63, 3.8) is 0 Å². The van der Waals surface area contributed by atoms with Crippen LogP contribution in [0.2, 0.25) is 10.0 Å². The highest BCUT2D eigenvalue weighted by atomic mass is 35.5. The Kier molecular flexibility index (Phi) is 4.26. The lowest BCUT2D eigenvalue weighted by molar-refractivity contribution is 0.305. The quantitative estimate of drug-likeness (QED) is 0.830. The molecular weight excluding hydrogens is 288 g/mol. The number of nitriles is 1. The number of benzene rings is 2. The minimum Gasteiger partial charge on any atom is -0.489 e. The molecule has 0 aromatic heterocycles. The number of hydrogen-bond donors (Lipinski definition) is 0. The number of hydrogen-bond acceptors (Lipinski definition) is 2. The van der Waals surface area contributed by atoms with Crippen molar-refractivity contribution in [1.82, 2.24) is 0 Å². The van der Waals surface area contributed by atoms with Crippen LogP contribution in [0.25, 0.3) is 0 Å². The van der Waals surface area contributed by atoms with Gasteiger partial charge in [-0.25, -0.2) is 4.39 Å². The minimum absolute atomic E-state index is 0.0437. The van der Waals surface area contributed by atoms with Crippen LogP contribution < -0.4 is 4.74 Å². The highest BCUT2D eigenvalue weighted by Crippen LogP contribution is 2.25. The highest BCUT2D eigenvalue weighted by molar-refractivity contribution is 6.32. The monoisotopic (exact) mass is 295 g/mol. The van der Waals surface area contributed by atoms with Crippen LogP contribution in [0.15, 0.2) is 36.4 Å². The summed E-state index contributed by atoms with van der Waals surface area (Å²) < 4.78 is 18.7. The molecule has 0 fully saturated rings. The normalized spacial score (nSPS) is 10.0. The van der Waals surface area contributed by atoms with Gasteiger partial charge in [0.25, 0.3) is 0 Å². The summed E-state index contributed by atoms with van der Waals surface area (Å²) in [6.07, 6.45) is 0. The summed E-state index contributed by atoms with van der Waals surface area (Å²) in [7, 11) is 0. The molecule has 0 heterocycles. The molecule has 2 rings (SSSR count). The Hall–Kier alpha value is -1.76. The van der Waals surface area contributed by atoms with Crippen LogP contribution in [0.5, 0.6) is 5.75 Å². The van der Waals surface area contributed by atoms with Crippen molar-refractivity contribution in [2.45, 2.75) is 6.61 Å². The van der Waals surface area contributed by atoms with Crippen molar-refractivity contribution in [2.24, 2.45) is 0 Å². The maximum Gasteiger partial charge on any atom is 0.142 e. The molecule has 2 nitrogen and oxygen atoms in total. The molecule has 19 heavy (non-hydrogen) atoms. The van der Waals surface area contributed by atoms with Gasteiger partial charge in [-0.2, -0.15) is 5.26 Å². The van der Waals surface area contributed by atoms with Crippen LogP contribution in [0.4, 0.5) is 4.39 Å². The summed E-state index contributed by atoms with van der Waals surface area (Å²) in [6.45, 7) is 0.124. The molecule has 0 aliphatic carbocycles. The van der Waals surface area contributed by atoms with Gasteiger partial charge in [0.15, 0.2) is 0 Å². The van der Waals surface area contributed by atoms with E-state index in [2.05, 4.69) is 0 Å². The molecule has 0 atom stereocenters. The van der Waals surface area contributed by atoms with Crippen molar-refractivity contribution in [1.29, 1.82) is 5.26 Å². The third-order valence-corrected chi connectivity index (χ3v) is 3.22. The fourth-order valence-electron chi connectivity index (χ4n) is 1.50. The van der Waals surface area contributed by atoms with E-state index in [1.54, 1.807) is 24.3 Å². The molecule has 2 aromatic rings. The number of halogens is 3. The van der Waals surface area contributed by atoms with Gasteiger partial charge in [0, 0.05) is 11.6 Å². The van der Waals surface area contributed by atoms with Crippen molar-refractivity contribution in [2.75, 3.05) is 0 Å². The lowest BCUT2D eigenvalue weighted by atomic mass is 10.2. The van der Waals surface area contributed by atoms with Gasteiger partial charge in [0.1, 0.15) is 24.2 Å². The zero-order valence-electron chi connectivity index (χ0n) is 9.66. The van der Waals surface area contributed by atoms with Gasteiger partial charge < -0.3 is 4.74 Å². The average Bonchev–Trinajstić information content (AvgIpc) is 2.40. The van der Waals surface area contributed by atoms with Crippen LogP contribution in [0.1, 0.15) is 11.1 Å². The summed E-state index contributed by atoms with van der Waals surface area (Å²) in [5.41, 5.74) is 0.917. The lowest BCUT2D eigenvalue weighted by Crippen LogP contribution is -1.97. The molecule has 2 aromatic carbocycles. The Bertz CT molecular complexity index is 652. The molecule has 0 amide bonds. The second kappa shape index (κ2) is 5.92. The molecule has 0 aliphatic rings. The van der Waals surface area contributed by atoms with E-state index < -0.39 is 5.82 Å². The van der Waals surface area contributed by atoms with Crippen LogP contribution in [-0.4, -0.2) is 0 Å². The fraction of sp³-hybridized carbons (Fsp3) is 0.0714. The van der Waals surface area contributed by atoms with Gasteiger partial charge in [0.2, 0.25) is 0 Å². The maximum atomic E-state index is 13.2. The predicted octanol–water partition coefficient (Wildman–Crippen LogP) is 4.58.